The first kappa shape index (κ1) is 25.8. The molecule has 5 atom stereocenters. The molecule has 1 aromatic rings. The zero-order valence-corrected chi connectivity index (χ0v) is 21.3. The number of nitrogens with one attached hydrogen (secondary N) is 1. The summed E-state index contributed by atoms with van der Waals surface area (Å²) >= 11 is 0. The molecular formula is C25H36Cl2N2O5. The lowest BCUT2D eigenvalue weighted by Crippen LogP contribution is -2.78. The van der Waals surface area contributed by atoms with Crippen molar-refractivity contribution in [3.05, 3.63) is 23.3 Å². The Balaban J connectivity index is 0.00000137. The molecule has 2 bridgehead atoms. The maximum Gasteiger partial charge on any atom is 0.303 e. The van der Waals surface area contributed by atoms with Crippen LogP contribution in [0.3, 0.4) is 0 Å². The van der Waals surface area contributed by atoms with E-state index in [0.717, 1.165) is 44.7 Å². The number of carbonyl (C=O) groups is 1. The van der Waals surface area contributed by atoms with Crippen LogP contribution in [0.15, 0.2) is 12.1 Å². The molecule has 2 saturated carbocycles. The molecule has 34 heavy (non-hydrogen) atoms. The van der Waals surface area contributed by atoms with Crippen molar-refractivity contribution in [2.75, 3.05) is 26.7 Å². The lowest BCUT2D eigenvalue weighted by Gasteiger charge is -2.65. The maximum atomic E-state index is 10.9. The van der Waals surface area contributed by atoms with E-state index in [1.807, 2.05) is 7.11 Å². The van der Waals surface area contributed by atoms with Crippen LogP contribution < -0.4 is 10.1 Å². The van der Waals surface area contributed by atoms with E-state index in [9.17, 15) is 9.90 Å². The number of piperidine rings is 1. The van der Waals surface area contributed by atoms with Gasteiger partial charge in [-0.1, -0.05) is 6.07 Å². The van der Waals surface area contributed by atoms with Gasteiger partial charge in [0.25, 0.3) is 0 Å². The van der Waals surface area contributed by atoms with Crippen LogP contribution >= 0.6 is 24.8 Å². The topological polar surface area (TPSA) is 91.3 Å². The molecule has 2 aliphatic heterocycles. The number of aromatic hydroxyl groups is 1. The molecule has 1 aromatic carbocycles. The number of likely N-dealkylation sites (tertiary alicyclic amines) is 1. The van der Waals surface area contributed by atoms with Gasteiger partial charge >= 0.3 is 5.97 Å². The van der Waals surface area contributed by atoms with Crippen molar-refractivity contribution in [2.45, 2.75) is 80.6 Å². The fourth-order valence-electron chi connectivity index (χ4n) is 7.61. The third-order valence-electron chi connectivity index (χ3n) is 9.06. The normalized spacial score (nSPS) is 34.9. The second-order valence-corrected chi connectivity index (χ2v) is 10.6. The monoisotopic (exact) mass is 514 g/mol. The number of rotatable bonds is 8. The number of ether oxygens (including phenoxy) is 2. The minimum Gasteiger partial charge on any atom is -0.504 e. The number of phenolic OH excluding ortho intramolecular Hbond substituents is 1. The predicted octanol–water partition coefficient (Wildman–Crippen LogP) is 3.28. The molecule has 190 valence electrons. The number of methoxy groups -OCH3 is 1. The van der Waals surface area contributed by atoms with Crippen molar-refractivity contribution in [2.24, 2.45) is 5.92 Å². The van der Waals surface area contributed by atoms with Gasteiger partial charge in [0.2, 0.25) is 0 Å². The molecule has 3 aliphatic carbocycles. The van der Waals surface area contributed by atoms with Gasteiger partial charge in [0.05, 0.1) is 11.0 Å². The van der Waals surface area contributed by atoms with Gasteiger partial charge in [-0.2, -0.15) is 0 Å². The summed E-state index contributed by atoms with van der Waals surface area (Å²) in [6.07, 6.45) is 7.11. The smallest absolute Gasteiger partial charge is 0.303 e. The lowest BCUT2D eigenvalue weighted by molar-refractivity contribution is -0.207. The van der Waals surface area contributed by atoms with E-state index >= 15 is 0 Å². The standard InChI is InChI=1S/C25H34N2O5.2ClH/c1-31-25-9-8-17(26-11-2-3-20(29)30)23-24(25)10-12-27(14-15-4-5-15)19(25)13-16-6-7-18(28)22(32-23)21(16)24;;/h6-7,15,17,19,23,26,28H,2-5,8-14H2,1H3,(H,29,30);2*1H/t17?,19-,23?,24+,25-;;/m1../s1. The van der Waals surface area contributed by atoms with Crippen LogP contribution in [0.5, 0.6) is 11.5 Å². The summed E-state index contributed by atoms with van der Waals surface area (Å²) in [4.78, 5) is 13.6. The highest BCUT2D eigenvalue weighted by Gasteiger charge is 2.73. The summed E-state index contributed by atoms with van der Waals surface area (Å²) in [7, 11) is 1.87. The van der Waals surface area contributed by atoms with Gasteiger partial charge in [-0.25, -0.2) is 0 Å². The largest absolute Gasteiger partial charge is 0.504 e. The number of aliphatic carboxylic acids is 1. The van der Waals surface area contributed by atoms with Gasteiger partial charge in [0.1, 0.15) is 6.10 Å². The van der Waals surface area contributed by atoms with Crippen LogP contribution in [0, 0.1) is 5.92 Å². The highest BCUT2D eigenvalue weighted by atomic mass is 35.5. The summed E-state index contributed by atoms with van der Waals surface area (Å²) in [5, 5.41) is 23.4. The number of carboxylic acid groups (broad SMARTS) is 1. The van der Waals surface area contributed by atoms with Crippen molar-refractivity contribution in [1.82, 2.24) is 10.2 Å². The Morgan fingerprint density at radius 1 is 1.26 bits per heavy atom. The summed E-state index contributed by atoms with van der Waals surface area (Å²) < 4.78 is 13.2. The van der Waals surface area contributed by atoms with Crippen molar-refractivity contribution < 1.29 is 24.5 Å². The number of halogens is 2. The van der Waals surface area contributed by atoms with Crippen LogP contribution in [0.1, 0.15) is 56.1 Å². The molecule has 0 aromatic heterocycles. The van der Waals surface area contributed by atoms with E-state index in [1.54, 1.807) is 6.07 Å². The number of benzene rings is 1. The molecule has 3 fully saturated rings. The molecule has 2 unspecified atom stereocenters. The maximum absolute atomic E-state index is 10.9. The molecule has 5 aliphatic rings. The molecule has 3 N–H and O–H groups in total. The first-order valence-electron chi connectivity index (χ1n) is 12.3. The van der Waals surface area contributed by atoms with Gasteiger partial charge in [-0.15, -0.1) is 24.8 Å². The van der Waals surface area contributed by atoms with Crippen LogP contribution in [-0.4, -0.2) is 71.6 Å². The molecule has 6 rings (SSSR count). The van der Waals surface area contributed by atoms with Crippen LogP contribution in [0.4, 0.5) is 0 Å². The molecular weight excluding hydrogens is 479 g/mol. The zero-order chi connectivity index (χ0) is 22.1. The minimum atomic E-state index is -0.760. The SMILES string of the molecule is CO[C@@]12CCC(NCCCC(=O)O)C3Oc4c(O)ccc5c4[C@@]31CCN(CC1CC1)[C@@H]2C5.Cl.Cl. The average molecular weight is 515 g/mol. The molecule has 1 saturated heterocycles. The summed E-state index contributed by atoms with van der Waals surface area (Å²) in [6.45, 7) is 2.85. The highest BCUT2D eigenvalue weighted by Crippen LogP contribution is 2.66. The Kier molecular flexibility index (Phi) is 7.08. The summed E-state index contributed by atoms with van der Waals surface area (Å²) in [5.74, 6) is 0.950. The Hall–Kier alpha value is -1.25. The van der Waals surface area contributed by atoms with Crippen LogP contribution in [-0.2, 0) is 21.4 Å². The van der Waals surface area contributed by atoms with Gasteiger partial charge in [-0.05, 0) is 75.6 Å². The number of phenols is 1. The van der Waals surface area contributed by atoms with Crippen molar-refractivity contribution in [1.29, 1.82) is 0 Å². The Bertz CT molecular complexity index is 944. The predicted molar refractivity (Wildman–Crippen MR) is 133 cm³/mol. The first-order chi connectivity index (χ1) is 15.5. The third-order valence-corrected chi connectivity index (χ3v) is 9.06. The molecule has 1 spiro atoms. The van der Waals surface area contributed by atoms with Gasteiger partial charge in [-0.3, -0.25) is 9.69 Å². The van der Waals surface area contributed by atoms with Gasteiger partial charge in [0.15, 0.2) is 11.5 Å². The van der Waals surface area contributed by atoms with E-state index in [-0.39, 0.29) is 60.1 Å². The third kappa shape index (κ3) is 3.53. The van der Waals surface area contributed by atoms with Gasteiger partial charge in [0, 0.05) is 37.7 Å². The van der Waals surface area contributed by atoms with Crippen LogP contribution in [0.25, 0.3) is 0 Å². The Labute approximate surface area is 213 Å². The summed E-state index contributed by atoms with van der Waals surface area (Å²) in [5.41, 5.74) is 1.88. The average Bonchev–Trinajstić information content (AvgIpc) is 3.52. The first-order valence-corrected chi connectivity index (χ1v) is 12.3. The molecule has 0 amide bonds. The lowest BCUT2D eigenvalue weighted by atomic mass is 9.48. The number of hydrogen-bond donors (Lipinski definition) is 3. The van der Waals surface area contributed by atoms with E-state index in [0.29, 0.717) is 24.8 Å². The van der Waals surface area contributed by atoms with Crippen molar-refractivity contribution in [3.63, 3.8) is 0 Å². The van der Waals surface area contributed by atoms with E-state index < -0.39 is 5.97 Å². The second-order valence-electron chi connectivity index (χ2n) is 10.6. The highest BCUT2D eigenvalue weighted by molar-refractivity contribution is 5.85. The molecule has 7 nitrogen and oxygen atoms in total. The fourth-order valence-corrected chi connectivity index (χ4v) is 7.61. The molecule has 9 heteroatoms. The summed E-state index contributed by atoms with van der Waals surface area (Å²) in [6, 6.07) is 4.32. The Morgan fingerprint density at radius 3 is 2.76 bits per heavy atom. The van der Waals surface area contributed by atoms with Gasteiger partial charge < -0.3 is 25.0 Å². The van der Waals surface area contributed by atoms with E-state index in [1.165, 1.54) is 24.0 Å². The second kappa shape index (κ2) is 9.32. The van der Waals surface area contributed by atoms with Crippen LogP contribution in [0.2, 0.25) is 0 Å². The molecule has 2 heterocycles. The number of carboxylic acids is 1. The molecule has 0 radical (unpaired) electrons. The van der Waals surface area contributed by atoms with Crippen molar-refractivity contribution >= 4 is 30.8 Å². The fraction of sp³-hybridized carbons (Fsp3) is 0.720. The number of nitrogens with zero attached hydrogens (tertiary/aromatic N) is 1. The quantitative estimate of drug-likeness (QED) is 0.458. The van der Waals surface area contributed by atoms with E-state index in [4.69, 9.17) is 14.6 Å². The number of hydrogen-bond acceptors (Lipinski definition) is 6. The van der Waals surface area contributed by atoms with Crippen molar-refractivity contribution in [3.8, 4) is 11.5 Å². The van der Waals surface area contributed by atoms with E-state index in [2.05, 4.69) is 16.3 Å². The zero-order valence-electron chi connectivity index (χ0n) is 19.6. The minimum absolute atomic E-state index is 0. The Morgan fingerprint density at radius 2 is 2.06 bits per heavy atom.